The van der Waals surface area contributed by atoms with Crippen LogP contribution < -0.4 is 0 Å². The zero-order valence-corrected chi connectivity index (χ0v) is 11.9. The van der Waals surface area contributed by atoms with Crippen LogP contribution in [0.25, 0.3) is 10.8 Å². The van der Waals surface area contributed by atoms with Crippen molar-refractivity contribution in [3.63, 3.8) is 0 Å². The molecule has 0 saturated carbocycles. The highest BCUT2D eigenvalue weighted by Crippen LogP contribution is 2.31. The Morgan fingerprint density at radius 2 is 2.06 bits per heavy atom. The van der Waals surface area contributed by atoms with E-state index in [1.165, 1.54) is 0 Å². The minimum absolute atomic E-state index is 0.174. The second-order valence-corrected chi connectivity index (χ2v) is 7.23. The van der Waals surface area contributed by atoms with Gasteiger partial charge in [0.1, 0.15) is 0 Å². The average Bonchev–Trinajstić information content (AvgIpc) is 2.34. The van der Waals surface area contributed by atoms with Crippen molar-refractivity contribution in [2.45, 2.75) is 31.6 Å². The lowest BCUT2D eigenvalue weighted by molar-refractivity contribution is 0.205. The Morgan fingerprint density at radius 1 is 1.28 bits per heavy atom. The predicted molar refractivity (Wildman–Crippen MR) is 78.9 cm³/mol. The number of hydrogen-bond acceptors (Lipinski definition) is 3. The molecule has 0 fully saturated rings. The highest BCUT2D eigenvalue weighted by Gasteiger charge is 2.16. The van der Waals surface area contributed by atoms with Gasteiger partial charge in [-0.25, -0.2) is 0 Å². The van der Waals surface area contributed by atoms with Crippen LogP contribution in [-0.2, 0) is 0 Å². The molecule has 2 nitrogen and oxygen atoms in total. The van der Waals surface area contributed by atoms with E-state index in [2.05, 4.69) is 25.8 Å². The molecule has 0 radical (unpaired) electrons. The monoisotopic (exact) mass is 261 g/mol. The highest BCUT2D eigenvalue weighted by atomic mass is 32.2. The minimum Gasteiger partial charge on any atom is -0.388 e. The van der Waals surface area contributed by atoms with Gasteiger partial charge in [-0.3, -0.25) is 4.98 Å². The van der Waals surface area contributed by atoms with Gasteiger partial charge in [0.2, 0.25) is 0 Å². The molecule has 1 aromatic carbocycles. The van der Waals surface area contributed by atoms with E-state index < -0.39 is 6.10 Å². The molecule has 0 saturated heterocycles. The molecule has 0 aliphatic rings. The van der Waals surface area contributed by atoms with Crippen LogP contribution in [0.1, 0.15) is 32.4 Å². The number of benzene rings is 1. The van der Waals surface area contributed by atoms with Crippen molar-refractivity contribution in [1.82, 2.24) is 4.98 Å². The van der Waals surface area contributed by atoms with E-state index in [9.17, 15) is 5.11 Å². The van der Waals surface area contributed by atoms with Crippen LogP contribution in [0.3, 0.4) is 0 Å². The van der Waals surface area contributed by atoms with Crippen molar-refractivity contribution in [1.29, 1.82) is 0 Å². The summed E-state index contributed by atoms with van der Waals surface area (Å²) >= 11 is 1.78. The largest absolute Gasteiger partial charge is 0.388 e. The van der Waals surface area contributed by atoms with Crippen molar-refractivity contribution in [3.05, 3.63) is 42.2 Å². The molecule has 0 aliphatic carbocycles. The summed E-state index contributed by atoms with van der Waals surface area (Å²) in [5.74, 6) is 0.713. The number of rotatable bonds is 3. The van der Waals surface area contributed by atoms with Gasteiger partial charge in [-0.15, -0.1) is 0 Å². The fourth-order valence-electron chi connectivity index (χ4n) is 1.86. The molecule has 3 heteroatoms. The molecule has 1 N–H and O–H groups in total. The van der Waals surface area contributed by atoms with E-state index in [1.54, 1.807) is 18.0 Å². The zero-order chi connectivity index (χ0) is 13.2. The quantitative estimate of drug-likeness (QED) is 0.912. The first kappa shape index (κ1) is 13.4. The summed E-state index contributed by atoms with van der Waals surface area (Å²) in [5.41, 5.74) is 0.992. The topological polar surface area (TPSA) is 33.1 Å². The van der Waals surface area contributed by atoms with Crippen LogP contribution in [0.5, 0.6) is 0 Å². The van der Waals surface area contributed by atoms with Crippen LogP contribution in [0.4, 0.5) is 0 Å². The maximum Gasteiger partial charge on any atom is 0.0886 e. The second kappa shape index (κ2) is 5.29. The van der Waals surface area contributed by atoms with Gasteiger partial charge >= 0.3 is 0 Å². The van der Waals surface area contributed by atoms with Crippen LogP contribution in [0, 0.1) is 0 Å². The second-order valence-electron chi connectivity index (χ2n) is 5.38. The van der Waals surface area contributed by atoms with E-state index in [0.29, 0.717) is 5.75 Å². The first-order chi connectivity index (χ1) is 8.47. The van der Waals surface area contributed by atoms with Crippen molar-refractivity contribution >= 4 is 22.5 Å². The Morgan fingerprint density at radius 3 is 2.78 bits per heavy atom. The molecule has 2 rings (SSSR count). The van der Waals surface area contributed by atoms with Gasteiger partial charge in [0.25, 0.3) is 0 Å². The third-order valence-corrected chi connectivity index (χ3v) is 4.10. The molecule has 0 bridgehead atoms. The smallest absolute Gasteiger partial charge is 0.0886 e. The van der Waals surface area contributed by atoms with Crippen molar-refractivity contribution in [2.24, 2.45) is 0 Å². The summed E-state index contributed by atoms with van der Waals surface area (Å²) in [5, 5.41) is 12.5. The Labute approximate surface area is 112 Å². The molecule has 2 aromatic rings. The molecule has 0 amide bonds. The summed E-state index contributed by atoms with van der Waals surface area (Å²) in [6, 6.07) is 7.96. The third kappa shape index (κ3) is 3.24. The number of thioether (sulfide) groups is 1. The number of aliphatic hydroxyl groups is 1. The summed E-state index contributed by atoms with van der Waals surface area (Å²) in [7, 11) is 0. The van der Waals surface area contributed by atoms with Gasteiger partial charge < -0.3 is 5.11 Å². The normalized spacial score (nSPS) is 13.8. The van der Waals surface area contributed by atoms with Gasteiger partial charge in [0.05, 0.1) is 6.10 Å². The standard InChI is InChI=1S/C15H19NOS/c1-15(2,3)18-10-14(17)13-6-4-5-11-9-16-8-7-12(11)13/h4-9,14,17H,10H2,1-3H3. The number of aliphatic hydroxyl groups excluding tert-OH is 1. The molecular formula is C15H19NOS. The number of fused-ring (bicyclic) bond motifs is 1. The Balaban J connectivity index is 2.25. The van der Waals surface area contributed by atoms with Gasteiger partial charge in [-0.2, -0.15) is 11.8 Å². The van der Waals surface area contributed by atoms with Gasteiger partial charge in [0, 0.05) is 28.3 Å². The van der Waals surface area contributed by atoms with Crippen LogP contribution >= 0.6 is 11.8 Å². The molecule has 1 unspecified atom stereocenters. The van der Waals surface area contributed by atoms with Crippen LogP contribution in [-0.4, -0.2) is 20.6 Å². The summed E-state index contributed by atoms with van der Waals surface area (Å²) in [4.78, 5) is 4.11. The van der Waals surface area contributed by atoms with E-state index in [4.69, 9.17) is 0 Å². The molecule has 1 atom stereocenters. The Bertz CT molecular complexity index is 528. The van der Waals surface area contributed by atoms with Gasteiger partial charge in [0.15, 0.2) is 0 Å². The van der Waals surface area contributed by atoms with Crippen molar-refractivity contribution < 1.29 is 5.11 Å². The highest BCUT2D eigenvalue weighted by molar-refractivity contribution is 8.00. The third-order valence-electron chi connectivity index (χ3n) is 2.75. The Hall–Kier alpha value is -1.06. The summed E-state index contributed by atoms with van der Waals surface area (Å²) in [6.07, 6.45) is 3.18. The number of aromatic nitrogens is 1. The molecular weight excluding hydrogens is 242 g/mol. The molecule has 1 heterocycles. The van der Waals surface area contributed by atoms with E-state index in [1.807, 2.05) is 30.5 Å². The predicted octanol–water partition coefficient (Wildman–Crippen LogP) is 3.80. The average molecular weight is 261 g/mol. The van der Waals surface area contributed by atoms with E-state index >= 15 is 0 Å². The lowest BCUT2D eigenvalue weighted by Crippen LogP contribution is -2.12. The van der Waals surface area contributed by atoms with Gasteiger partial charge in [-0.05, 0) is 17.0 Å². The summed E-state index contributed by atoms with van der Waals surface area (Å²) < 4.78 is 0.174. The fraction of sp³-hybridized carbons (Fsp3) is 0.400. The molecule has 0 spiro atoms. The first-order valence-electron chi connectivity index (χ1n) is 6.12. The number of nitrogens with zero attached hydrogens (tertiary/aromatic N) is 1. The maximum atomic E-state index is 10.3. The maximum absolute atomic E-state index is 10.3. The van der Waals surface area contributed by atoms with E-state index in [0.717, 1.165) is 16.3 Å². The van der Waals surface area contributed by atoms with Crippen molar-refractivity contribution in [2.75, 3.05) is 5.75 Å². The van der Waals surface area contributed by atoms with Gasteiger partial charge in [-0.1, -0.05) is 39.0 Å². The molecule has 18 heavy (non-hydrogen) atoms. The summed E-state index contributed by atoms with van der Waals surface area (Å²) in [6.45, 7) is 6.49. The molecule has 96 valence electrons. The number of hydrogen-bond donors (Lipinski definition) is 1. The molecule has 0 aliphatic heterocycles. The minimum atomic E-state index is -0.430. The number of pyridine rings is 1. The van der Waals surface area contributed by atoms with Crippen molar-refractivity contribution in [3.8, 4) is 0 Å². The fourth-order valence-corrected chi connectivity index (χ4v) is 2.69. The first-order valence-corrected chi connectivity index (χ1v) is 7.10. The lowest BCUT2D eigenvalue weighted by atomic mass is 10.0. The van der Waals surface area contributed by atoms with E-state index in [-0.39, 0.29) is 4.75 Å². The SMILES string of the molecule is CC(C)(C)SCC(O)c1cccc2cnccc12. The van der Waals surface area contributed by atoms with Crippen LogP contribution in [0.2, 0.25) is 0 Å². The Kier molecular flexibility index (Phi) is 3.93. The molecule has 1 aromatic heterocycles. The lowest BCUT2D eigenvalue weighted by Gasteiger charge is -2.21. The van der Waals surface area contributed by atoms with Crippen LogP contribution in [0.15, 0.2) is 36.7 Å². The zero-order valence-electron chi connectivity index (χ0n) is 11.1.